The van der Waals surface area contributed by atoms with Crippen LogP contribution in [0.4, 0.5) is 4.79 Å². The molecule has 2 amide bonds. The predicted molar refractivity (Wildman–Crippen MR) is 88.0 cm³/mol. The van der Waals surface area contributed by atoms with E-state index in [9.17, 15) is 14.4 Å². The fourth-order valence-corrected chi connectivity index (χ4v) is 1.95. The highest BCUT2D eigenvalue weighted by atomic mass is 16.6. The summed E-state index contributed by atoms with van der Waals surface area (Å²) in [6.45, 7) is 9.13. The van der Waals surface area contributed by atoms with Crippen molar-refractivity contribution in [3.05, 3.63) is 0 Å². The SMILES string of the molecule is CCCCCCCCN(C(=O)OC(C)(C)C)C(=O)C(=O)OCC. The van der Waals surface area contributed by atoms with Crippen LogP contribution in [0.15, 0.2) is 0 Å². The van der Waals surface area contributed by atoms with Crippen molar-refractivity contribution in [3.8, 4) is 0 Å². The van der Waals surface area contributed by atoms with E-state index in [4.69, 9.17) is 4.74 Å². The van der Waals surface area contributed by atoms with Crippen LogP contribution in [0, 0.1) is 0 Å². The number of carbonyl (C=O) groups is 3. The van der Waals surface area contributed by atoms with Gasteiger partial charge in [0.2, 0.25) is 0 Å². The lowest BCUT2D eigenvalue weighted by atomic mass is 10.1. The smallest absolute Gasteiger partial charge is 0.417 e. The van der Waals surface area contributed by atoms with Crippen LogP contribution in [0.2, 0.25) is 0 Å². The molecule has 0 saturated heterocycles. The van der Waals surface area contributed by atoms with Gasteiger partial charge in [-0.15, -0.1) is 0 Å². The molecule has 0 heterocycles. The van der Waals surface area contributed by atoms with E-state index in [2.05, 4.69) is 11.7 Å². The monoisotopic (exact) mass is 329 g/mol. The number of esters is 1. The molecule has 6 nitrogen and oxygen atoms in total. The molecule has 0 saturated carbocycles. The van der Waals surface area contributed by atoms with E-state index < -0.39 is 23.6 Å². The number of ether oxygens (including phenoxy) is 2. The first-order chi connectivity index (χ1) is 10.7. The Morgan fingerprint density at radius 2 is 1.48 bits per heavy atom. The van der Waals surface area contributed by atoms with Crippen LogP contribution in [-0.2, 0) is 19.1 Å². The maximum absolute atomic E-state index is 12.2. The van der Waals surface area contributed by atoms with Gasteiger partial charge in [-0.2, -0.15) is 0 Å². The lowest BCUT2D eigenvalue weighted by Crippen LogP contribution is -2.45. The first-order valence-corrected chi connectivity index (χ1v) is 8.44. The van der Waals surface area contributed by atoms with Crippen molar-refractivity contribution in [2.75, 3.05) is 13.2 Å². The summed E-state index contributed by atoms with van der Waals surface area (Å²) in [5.41, 5.74) is -0.731. The van der Waals surface area contributed by atoms with Crippen molar-refractivity contribution in [1.29, 1.82) is 0 Å². The van der Waals surface area contributed by atoms with Crippen molar-refractivity contribution in [2.24, 2.45) is 0 Å². The molecule has 0 aliphatic carbocycles. The van der Waals surface area contributed by atoms with Crippen LogP contribution in [0.1, 0.15) is 73.1 Å². The number of carbonyl (C=O) groups excluding carboxylic acids is 3. The minimum absolute atomic E-state index is 0.0871. The minimum atomic E-state index is -1.02. The van der Waals surface area contributed by atoms with Crippen molar-refractivity contribution >= 4 is 18.0 Å². The van der Waals surface area contributed by atoms with E-state index in [0.717, 1.165) is 30.6 Å². The van der Waals surface area contributed by atoms with E-state index >= 15 is 0 Å². The Morgan fingerprint density at radius 1 is 0.913 bits per heavy atom. The van der Waals surface area contributed by atoms with E-state index in [1.165, 1.54) is 6.42 Å². The lowest BCUT2D eigenvalue weighted by molar-refractivity contribution is -0.159. The van der Waals surface area contributed by atoms with Gasteiger partial charge in [-0.3, -0.25) is 4.79 Å². The van der Waals surface area contributed by atoms with Crippen LogP contribution < -0.4 is 0 Å². The third-order valence-electron chi connectivity index (χ3n) is 3.04. The molecular formula is C17H31NO5. The molecular weight excluding hydrogens is 298 g/mol. The van der Waals surface area contributed by atoms with Gasteiger partial charge in [0.15, 0.2) is 0 Å². The minimum Gasteiger partial charge on any atom is -0.459 e. The number of nitrogens with zero attached hydrogens (tertiary/aromatic N) is 1. The number of amides is 2. The van der Waals surface area contributed by atoms with E-state index in [1.807, 2.05) is 0 Å². The van der Waals surface area contributed by atoms with Gasteiger partial charge in [-0.1, -0.05) is 39.0 Å². The summed E-state index contributed by atoms with van der Waals surface area (Å²) in [4.78, 5) is 36.7. The first-order valence-electron chi connectivity index (χ1n) is 8.44. The van der Waals surface area contributed by atoms with Crippen molar-refractivity contribution in [3.63, 3.8) is 0 Å². The van der Waals surface area contributed by atoms with Crippen molar-refractivity contribution < 1.29 is 23.9 Å². The van der Waals surface area contributed by atoms with Gasteiger partial charge in [0.1, 0.15) is 5.60 Å². The molecule has 0 aromatic heterocycles. The van der Waals surface area contributed by atoms with Gasteiger partial charge in [0, 0.05) is 6.54 Å². The second-order valence-electron chi connectivity index (χ2n) is 6.43. The van der Waals surface area contributed by atoms with Crippen LogP contribution in [0.3, 0.4) is 0 Å². The van der Waals surface area contributed by atoms with Crippen LogP contribution in [-0.4, -0.2) is 41.6 Å². The molecule has 0 N–H and O–H groups in total. The predicted octanol–water partition coefficient (Wildman–Crippen LogP) is 3.67. The van der Waals surface area contributed by atoms with E-state index in [0.29, 0.717) is 6.42 Å². The topological polar surface area (TPSA) is 72.9 Å². The number of unbranched alkanes of at least 4 members (excludes halogenated alkanes) is 5. The molecule has 0 aliphatic rings. The zero-order valence-corrected chi connectivity index (χ0v) is 15.1. The largest absolute Gasteiger partial charge is 0.459 e. The maximum Gasteiger partial charge on any atom is 0.417 e. The fourth-order valence-electron chi connectivity index (χ4n) is 1.95. The molecule has 0 spiro atoms. The summed E-state index contributed by atoms with van der Waals surface area (Å²) in [6.07, 6.45) is 5.26. The second kappa shape index (κ2) is 11.0. The summed E-state index contributed by atoms with van der Waals surface area (Å²) in [7, 11) is 0. The molecule has 0 radical (unpaired) electrons. The molecule has 6 heteroatoms. The van der Waals surface area contributed by atoms with Gasteiger partial charge in [0.05, 0.1) is 6.61 Å². The molecule has 0 aliphatic heterocycles. The molecule has 23 heavy (non-hydrogen) atoms. The summed E-state index contributed by atoms with van der Waals surface area (Å²) >= 11 is 0. The second-order valence-corrected chi connectivity index (χ2v) is 6.43. The van der Waals surface area contributed by atoms with Crippen molar-refractivity contribution in [1.82, 2.24) is 4.90 Å². The number of imide groups is 1. The zero-order valence-electron chi connectivity index (χ0n) is 15.1. The van der Waals surface area contributed by atoms with Gasteiger partial charge in [0.25, 0.3) is 0 Å². The quantitative estimate of drug-likeness (QED) is 0.386. The van der Waals surface area contributed by atoms with Gasteiger partial charge in [-0.05, 0) is 34.1 Å². The Hall–Kier alpha value is -1.59. The average molecular weight is 329 g/mol. The maximum atomic E-state index is 12.2. The molecule has 0 aromatic carbocycles. The summed E-state index contributed by atoms with van der Waals surface area (Å²) in [5.74, 6) is -1.99. The van der Waals surface area contributed by atoms with Crippen LogP contribution >= 0.6 is 0 Å². The summed E-state index contributed by atoms with van der Waals surface area (Å²) in [6, 6.07) is 0. The fraction of sp³-hybridized carbons (Fsp3) is 0.824. The summed E-state index contributed by atoms with van der Waals surface area (Å²) in [5, 5.41) is 0. The number of rotatable bonds is 8. The molecule has 0 unspecified atom stereocenters. The average Bonchev–Trinajstić information content (AvgIpc) is 2.44. The molecule has 0 atom stereocenters. The Labute approximate surface area is 139 Å². The van der Waals surface area contributed by atoms with Crippen LogP contribution in [0.5, 0.6) is 0 Å². The third-order valence-corrected chi connectivity index (χ3v) is 3.04. The van der Waals surface area contributed by atoms with Gasteiger partial charge in [-0.25, -0.2) is 14.5 Å². The van der Waals surface area contributed by atoms with Crippen molar-refractivity contribution in [2.45, 2.75) is 78.7 Å². The Morgan fingerprint density at radius 3 is 2.00 bits per heavy atom. The first kappa shape index (κ1) is 21.4. The standard InChI is InChI=1S/C17H31NO5/c1-6-8-9-10-11-12-13-18(14(19)15(20)22-7-2)16(21)23-17(3,4)5/h6-13H2,1-5H3. The molecule has 0 rings (SSSR count). The lowest BCUT2D eigenvalue weighted by Gasteiger charge is -2.25. The van der Waals surface area contributed by atoms with Gasteiger partial charge >= 0.3 is 18.0 Å². The van der Waals surface area contributed by atoms with Crippen LogP contribution in [0.25, 0.3) is 0 Å². The Balaban J connectivity index is 4.64. The third kappa shape index (κ3) is 9.92. The molecule has 134 valence electrons. The van der Waals surface area contributed by atoms with Gasteiger partial charge < -0.3 is 9.47 Å². The normalized spacial score (nSPS) is 11.0. The summed E-state index contributed by atoms with van der Waals surface area (Å²) < 4.78 is 9.89. The van der Waals surface area contributed by atoms with E-state index in [-0.39, 0.29) is 13.2 Å². The molecule has 0 aromatic rings. The number of hydrogen-bond acceptors (Lipinski definition) is 5. The Kier molecular flexibility index (Phi) is 10.3. The zero-order chi connectivity index (χ0) is 17.9. The highest BCUT2D eigenvalue weighted by molar-refractivity contribution is 6.34. The number of hydrogen-bond donors (Lipinski definition) is 0. The molecule has 0 fully saturated rings. The van der Waals surface area contributed by atoms with E-state index in [1.54, 1.807) is 27.7 Å². The highest BCUT2D eigenvalue weighted by Crippen LogP contribution is 2.12. The Bertz CT molecular complexity index is 387. The highest BCUT2D eigenvalue weighted by Gasteiger charge is 2.31. The molecule has 0 bridgehead atoms.